The minimum absolute atomic E-state index is 0.0165. The number of anilines is 1. The summed E-state index contributed by atoms with van der Waals surface area (Å²) in [6.07, 6.45) is 2.71. The third kappa shape index (κ3) is 6.54. The molecule has 1 aromatic rings. The summed E-state index contributed by atoms with van der Waals surface area (Å²) in [5, 5.41) is 2.87. The van der Waals surface area contributed by atoms with E-state index in [0.29, 0.717) is 12.0 Å². The van der Waals surface area contributed by atoms with Gasteiger partial charge in [-0.2, -0.15) is 0 Å². The van der Waals surface area contributed by atoms with Crippen LogP contribution in [0.2, 0.25) is 0 Å². The third-order valence-electron chi connectivity index (χ3n) is 3.31. The van der Waals surface area contributed by atoms with Gasteiger partial charge in [-0.1, -0.05) is 13.8 Å². The fraction of sp³-hybridized carbons (Fsp3) is 0.529. The molecule has 1 N–H and O–H groups in total. The van der Waals surface area contributed by atoms with Crippen LogP contribution in [-0.2, 0) is 4.79 Å². The maximum absolute atomic E-state index is 11.9. The van der Waals surface area contributed by atoms with Crippen LogP contribution < -0.4 is 5.32 Å². The maximum atomic E-state index is 11.9. The van der Waals surface area contributed by atoms with Gasteiger partial charge in [-0.25, -0.2) is 0 Å². The highest BCUT2D eigenvalue weighted by Gasteiger charge is 2.07. The first-order chi connectivity index (χ1) is 10.1. The molecular formula is C17H26N2O2. The van der Waals surface area contributed by atoms with Crippen molar-refractivity contribution >= 4 is 17.4 Å². The summed E-state index contributed by atoms with van der Waals surface area (Å²) in [5.74, 6) is 0.0467. The van der Waals surface area contributed by atoms with Gasteiger partial charge in [-0.3, -0.25) is 9.59 Å². The van der Waals surface area contributed by atoms with Crippen molar-refractivity contribution in [3.63, 3.8) is 0 Å². The van der Waals surface area contributed by atoms with E-state index in [9.17, 15) is 9.59 Å². The van der Waals surface area contributed by atoms with Gasteiger partial charge < -0.3 is 10.2 Å². The summed E-state index contributed by atoms with van der Waals surface area (Å²) >= 11 is 0. The molecule has 0 aliphatic rings. The number of carbonyl (C=O) groups excluding carboxylic acids is 2. The number of hydrogen-bond donors (Lipinski definition) is 1. The molecule has 1 aromatic carbocycles. The second kappa shape index (κ2) is 9.29. The molecule has 116 valence electrons. The van der Waals surface area contributed by atoms with E-state index >= 15 is 0 Å². The van der Waals surface area contributed by atoms with Gasteiger partial charge >= 0.3 is 0 Å². The van der Waals surface area contributed by atoms with E-state index in [-0.39, 0.29) is 11.7 Å². The monoisotopic (exact) mass is 290 g/mol. The molecule has 0 fully saturated rings. The van der Waals surface area contributed by atoms with Crippen LogP contribution in [0, 0.1) is 0 Å². The Morgan fingerprint density at radius 1 is 1.00 bits per heavy atom. The van der Waals surface area contributed by atoms with Gasteiger partial charge in [0.1, 0.15) is 0 Å². The van der Waals surface area contributed by atoms with Crippen molar-refractivity contribution in [1.29, 1.82) is 0 Å². The second-order valence-electron chi connectivity index (χ2n) is 5.27. The Kier molecular flexibility index (Phi) is 7.69. The number of rotatable bonds is 9. The average molecular weight is 290 g/mol. The van der Waals surface area contributed by atoms with E-state index in [1.807, 2.05) is 0 Å². The van der Waals surface area contributed by atoms with E-state index in [0.717, 1.165) is 38.2 Å². The zero-order valence-corrected chi connectivity index (χ0v) is 13.3. The molecule has 0 aromatic heterocycles. The molecule has 4 heteroatoms. The van der Waals surface area contributed by atoms with E-state index in [4.69, 9.17) is 0 Å². The van der Waals surface area contributed by atoms with Crippen LogP contribution in [0.3, 0.4) is 0 Å². The van der Waals surface area contributed by atoms with Crippen LogP contribution in [0.15, 0.2) is 24.3 Å². The number of amides is 1. The van der Waals surface area contributed by atoms with Crippen LogP contribution in [-0.4, -0.2) is 36.2 Å². The Balaban J connectivity index is 2.43. The van der Waals surface area contributed by atoms with E-state index in [1.165, 1.54) is 6.92 Å². The lowest BCUT2D eigenvalue weighted by Gasteiger charge is -2.20. The third-order valence-corrected chi connectivity index (χ3v) is 3.31. The summed E-state index contributed by atoms with van der Waals surface area (Å²) < 4.78 is 0. The van der Waals surface area contributed by atoms with Gasteiger partial charge in [0.05, 0.1) is 0 Å². The van der Waals surface area contributed by atoms with Crippen molar-refractivity contribution in [1.82, 2.24) is 4.90 Å². The summed E-state index contributed by atoms with van der Waals surface area (Å²) in [7, 11) is 0. The predicted molar refractivity (Wildman–Crippen MR) is 86.7 cm³/mol. The number of carbonyl (C=O) groups is 2. The first kappa shape index (κ1) is 17.4. The second-order valence-corrected chi connectivity index (χ2v) is 5.27. The summed E-state index contributed by atoms with van der Waals surface area (Å²) in [4.78, 5) is 25.4. The Labute approximate surface area is 127 Å². The highest BCUT2D eigenvalue weighted by molar-refractivity contribution is 5.95. The normalized spacial score (nSPS) is 10.7. The number of hydrogen-bond acceptors (Lipinski definition) is 3. The van der Waals surface area contributed by atoms with E-state index in [1.54, 1.807) is 24.3 Å². The summed E-state index contributed by atoms with van der Waals surface area (Å²) in [5.41, 5.74) is 1.40. The van der Waals surface area contributed by atoms with Gasteiger partial charge in [0.15, 0.2) is 5.78 Å². The molecular weight excluding hydrogens is 264 g/mol. The molecule has 1 amide bonds. The molecule has 0 unspecified atom stereocenters. The zero-order valence-electron chi connectivity index (χ0n) is 13.3. The SMILES string of the molecule is CCCN(CCC)CCC(=O)Nc1ccc(C(C)=O)cc1. The molecule has 0 aliphatic heterocycles. The molecule has 0 spiro atoms. The molecule has 0 radical (unpaired) electrons. The first-order valence-electron chi connectivity index (χ1n) is 7.70. The lowest BCUT2D eigenvalue weighted by atomic mass is 10.1. The Morgan fingerprint density at radius 3 is 2.05 bits per heavy atom. The molecule has 0 saturated carbocycles. The molecule has 1 rings (SSSR count). The lowest BCUT2D eigenvalue weighted by Crippen LogP contribution is -2.29. The van der Waals surface area contributed by atoms with E-state index in [2.05, 4.69) is 24.1 Å². The zero-order chi connectivity index (χ0) is 15.7. The minimum Gasteiger partial charge on any atom is -0.326 e. The van der Waals surface area contributed by atoms with Crippen molar-refractivity contribution in [2.75, 3.05) is 25.0 Å². The first-order valence-corrected chi connectivity index (χ1v) is 7.70. The van der Waals surface area contributed by atoms with E-state index < -0.39 is 0 Å². The number of benzene rings is 1. The van der Waals surface area contributed by atoms with Gasteiger partial charge in [0.2, 0.25) is 5.91 Å². The summed E-state index contributed by atoms with van der Waals surface area (Å²) in [6.45, 7) is 8.70. The van der Waals surface area contributed by atoms with Gasteiger partial charge in [0.25, 0.3) is 0 Å². The van der Waals surface area contributed by atoms with Crippen LogP contribution in [0.5, 0.6) is 0 Å². The Bertz CT molecular complexity index is 448. The predicted octanol–water partition coefficient (Wildman–Crippen LogP) is 3.34. The molecule has 0 aliphatic carbocycles. The number of nitrogens with zero attached hydrogens (tertiary/aromatic N) is 1. The molecule has 4 nitrogen and oxygen atoms in total. The lowest BCUT2D eigenvalue weighted by molar-refractivity contribution is -0.116. The van der Waals surface area contributed by atoms with Gasteiger partial charge in [-0.15, -0.1) is 0 Å². The molecule has 21 heavy (non-hydrogen) atoms. The summed E-state index contributed by atoms with van der Waals surface area (Å²) in [6, 6.07) is 7.01. The highest BCUT2D eigenvalue weighted by atomic mass is 16.1. The number of Topliss-reactive ketones (excluding diaryl/α,β-unsaturated/α-hetero) is 1. The minimum atomic E-state index is 0.0165. The van der Waals surface area contributed by atoms with Crippen molar-refractivity contribution in [3.8, 4) is 0 Å². The quantitative estimate of drug-likeness (QED) is 0.710. The largest absolute Gasteiger partial charge is 0.326 e. The number of ketones is 1. The fourth-order valence-corrected chi connectivity index (χ4v) is 2.24. The van der Waals surface area contributed by atoms with Crippen molar-refractivity contribution in [2.24, 2.45) is 0 Å². The van der Waals surface area contributed by atoms with Crippen molar-refractivity contribution in [3.05, 3.63) is 29.8 Å². The Hall–Kier alpha value is -1.68. The van der Waals surface area contributed by atoms with Crippen LogP contribution in [0.25, 0.3) is 0 Å². The topological polar surface area (TPSA) is 49.4 Å². The fourth-order valence-electron chi connectivity index (χ4n) is 2.24. The molecule has 0 bridgehead atoms. The van der Waals surface area contributed by atoms with Crippen LogP contribution in [0.4, 0.5) is 5.69 Å². The standard InChI is InChI=1S/C17H26N2O2/c1-4-11-19(12-5-2)13-10-17(21)18-16-8-6-15(7-9-16)14(3)20/h6-9H,4-5,10-13H2,1-3H3,(H,18,21). The smallest absolute Gasteiger partial charge is 0.225 e. The van der Waals surface area contributed by atoms with Gasteiger partial charge in [0, 0.05) is 24.2 Å². The van der Waals surface area contributed by atoms with Crippen molar-refractivity contribution < 1.29 is 9.59 Å². The van der Waals surface area contributed by atoms with Crippen molar-refractivity contribution in [2.45, 2.75) is 40.0 Å². The number of nitrogens with one attached hydrogen (secondary N) is 1. The molecule has 0 heterocycles. The Morgan fingerprint density at radius 2 is 1.57 bits per heavy atom. The van der Waals surface area contributed by atoms with Gasteiger partial charge in [-0.05, 0) is 57.1 Å². The highest BCUT2D eigenvalue weighted by Crippen LogP contribution is 2.10. The maximum Gasteiger partial charge on any atom is 0.225 e. The molecule has 0 saturated heterocycles. The average Bonchev–Trinajstić information content (AvgIpc) is 2.46. The van der Waals surface area contributed by atoms with Crippen LogP contribution in [0.1, 0.15) is 50.4 Å². The molecule has 0 atom stereocenters. The van der Waals surface area contributed by atoms with Crippen LogP contribution >= 0.6 is 0 Å².